The standard InChI is InChI=1S/C20H24F3N5O/c1-13-8-17(19(29)27-5-2-3-6-27)25-26-18(13)28-7-4-16-15(12-28)9-14(11-24-16)10-20(21,22)23/h8-9,11,25-26H,2-7,10,12H2,1H3. The molecule has 0 spiro atoms. The van der Waals surface area contributed by atoms with Crippen molar-refractivity contribution in [3.8, 4) is 0 Å². The van der Waals surface area contributed by atoms with E-state index in [1.165, 1.54) is 6.20 Å². The predicted octanol–water partition coefficient (Wildman–Crippen LogP) is 2.39. The van der Waals surface area contributed by atoms with Crippen LogP contribution >= 0.6 is 0 Å². The molecule has 0 aromatic carbocycles. The molecule has 1 amide bonds. The lowest BCUT2D eigenvalue weighted by Gasteiger charge is -2.35. The Labute approximate surface area is 167 Å². The molecule has 3 aliphatic heterocycles. The van der Waals surface area contributed by atoms with Crippen molar-refractivity contribution >= 4 is 5.91 Å². The van der Waals surface area contributed by atoms with Gasteiger partial charge < -0.3 is 9.80 Å². The number of halogens is 3. The number of amides is 1. The van der Waals surface area contributed by atoms with Crippen LogP contribution in [0.25, 0.3) is 0 Å². The van der Waals surface area contributed by atoms with Gasteiger partial charge in [-0.15, -0.1) is 0 Å². The number of hydrazine groups is 1. The van der Waals surface area contributed by atoms with Crippen LogP contribution in [0.15, 0.2) is 35.4 Å². The molecule has 0 radical (unpaired) electrons. The first kappa shape index (κ1) is 19.6. The molecule has 0 unspecified atom stereocenters. The van der Waals surface area contributed by atoms with Gasteiger partial charge in [0.1, 0.15) is 11.5 Å². The van der Waals surface area contributed by atoms with Crippen LogP contribution in [0.2, 0.25) is 0 Å². The Bertz CT molecular complexity index is 871. The summed E-state index contributed by atoms with van der Waals surface area (Å²) in [6.45, 7) is 4.66. The fourth-order valence-corrected chi connectivity index (χ4v) is 4.07. The van der Waals surface area contributed by atoms with Crippen LogP contribution in [0, 0.1) is 0 Å². The fourth-order valence-electron chi connectivity index (χ4n) is 4.07. The average Bonchev–Trinajstić information content (AvgIpc) is 3.20. The topological polar surface area (TPSA) is 60.5 Å². The molecule has 6 nitrogen and oxygen atoms in total. The van der Waals surface area contributed by atoms with Gasteiger partial charge in [-0.1, -0.05) is 6.07 Å². The molecule has 0 bridgehead atoms. The van der Waals surface area contributed by atoms with Crippen molar-refractivity contribution in [3.63, 3.8) is 0 Å². The monoisotopic (exact) mass is 407 g/mol. The van der Waals surface area contributed by atoms with Crippen molar-refractivity contribution in [2.45, 2.75) is 45.3 Å². The molecule has 4 heterocycles. The van der Waals surface area contributed by atoms with E-state index in [1.807, 2.05) is 17.9 Å². The molecule has 1 aromatic rings. The Morgan fingerprint density at radius 1 is 1.21 bits per heavy atom. The highest BCUT2D eigenvalue weighted by Gasteiger charge is 2.30. The van der Waals surface area contributed by atoms with Gasteiger partial charge in [-0.05, 0) is 42.5 Å². The number of fused-ring (bicyclic) bond motifs is 1. The maximum atomic E-state index is 12.7. The zero-order valence-corrected chi connectivity index (χ0v) is 16.3. The number of rotatable bonds is 3. The summed E-state index contributed by atoms with van der Waals surface area (Å²) in [5.41, 5.74) is 9.37. The second-order valence-electron chi connectivity index (χ2n) is 7.75. The Balaban J connectivity index is 1.50. The van der Waals surface area contributed by atoms with Crippen molar-refractivity contribution in [1.82, 2.24) is 25.6 Å². The van der Waals surface area contributed by atoms with E-state index in [-0.39, 0.29) is 11.5 Å². The van der Waals surface area contributed by atoms with E-state index in [1.54, 1.807) is 6.07 Å². The quantitative estimate of drug-likeness (QED) is 0.806. The molecule has 156 valence electrons. The summed E-state index contributed by atoms with van der Waals surface area (Å²) in [5.74, 6) is 0.813. The number of pyridine rings is 1. The number of likely N-dealkylation sites (tertiary alicyclic amines) is 1. The summed E-state index contributed by atoms with van der Waals surface area (Å²) in [6.07, 6.45) is 0.657. The van der Waals surface area contributed by atoms with E-state index >= 15 is 0 Å². The van der Waals surface area contributed by atoms with Crippen molar-refractivity contribution in [3.05, 3.63) is 52.3 Å². The van der Waals surface area contributed by atoms with Crippen LogP contribution in [0.1, 0.15) is 36.6 Å². The van der Waals surface area contributed by atoms with Crippen LogP contribution in [0.3, 0.4) is 0 Å². The zero-order valence-electron chi connectivity index (χ0n) is 16.3. The van der Waals surface area contributed by atoms with Crippen molar-refractivity contribution in [1.29, 1.82) is 0 Å². The summed E-state index contributed by atoms with van der Waals surface area (Å²) in [5, 5.41) is 0. The molecule has 4 rings (SSSR count). The smallest absolute Gasteiger partial charge is 0.352 e. The maximum Gasteiger partial charge on any atom is 0.393 e. The molecule has 0 atom stereocenters. The number of nitrogens with one attached hydrogen (secondary N) is 2. The lowest BCUT2D eigenvalue weighted by Crippen LogP contribution is -2.47. The first-order valence-corrected chi connectivity index (χ1v) is 9.82. The molecule has 0 saturated carbocycles. The zero-order chi connectivity index (χ0) is 20.6. The largest absolute Gasteiger partial charge is 0.393 e. The first-order chi connectivity index (χ1) is 13.8. The van der Waals surface area contributed by atoms with Gasteiger partial charge in [0.05, 0.1) is 6.42 Å². The SMILES string of the molecule is CC1=C(N2CCc3ncc(CC(F)(F)F)cc3C2)NNC(C(=O)N2CCCC2)=C1. The summed E-state index contributed by atoms with van der Waals surface area (Å²) in [7, 11) is 0. The predicted molar refractivity (Wildman–Crippen MR) is 101 cm³/mol. The van der Waals surface area contributed by atoms with Gasteiger partial charge in [-0.2, -0.15) is 13.2 Å². The van der Waals surface area contributed by atoms with Gasteiger partial charge in [-0.3, -0.25) is 20.6 Å². The van der Waals surface area contributed by atoms with E-state index in [9.17, 15) is 18.0 Å². The molecular formula is C20H24F3N5O. The minimum absolute atomic E-state index is 0.0154. The van der Waals surface area contributed by atoms with E-state index in [2.05, 4.69) is 20.7 Å². The molecule has 9 heteroatoms. The number of aromatic nitrogens is 1. The van der Waals surface area contributed by atoms with Crippen molar-refractivity contribution in [2.75, 3.05) is 19.6 Å². The maximum absolute atomic E-state index is 12.7. The number of nitrogens with zero attached hydrogens (tertiary/aromatic N) is 3. The number of allylic oxidation sites excluding steroid dienone is 2. The Morgan fingerprint density at radius 3 is 2.66 bits per heavy atom. The molecule has 0 aliphatic carbocycles. The van der Waals surface area contributed by atoms with Gasteiger partial charge >= 0.3 is 6.18 Å². The summed E-state index contributed by atoms with van der Waals surface area (Å²) in [4.78, 5) is 20.7. The number of alkyl halides is 3. The lowest BCUT2D eigenvalue weighted by atomic mass is 10.0. The third-order valence-electron chi connectivity index (χ3n) is 5.49. The Morgan fingerprint density at radius 2 is 1.97 bits per heavy atom. The van der Waals surface area contributed by atoms with Crippen LogP contribution in [0.4, 0.5) is 13.2 Å². The number of hydrogen-bond donors (Lipinski definition) is 2. The van der Waals surface area contributed by atoms with E-state index in [0.29, 0.717) is 25.2 Å². The van der Waals surface area contributed by atoms with Gasteiger partial charge in [0.15, 0.2) is 0 Å². The van der Waals surface area contributed by atoms with Gasteiger partial charge in [0.25, 0.3) is 5.91 Å². The summed E-state index contributed by atoms with van der Waals surface area (Å²) < 4.78 is 38.1. The van der Waals surface area contributed by atoms with Gasteiger partial charge in [0, 0.05) is 44.5 Å². The van der Waals surface area contributed by atoms with Crippen molar-refractivity contribution in [2.24, 2.45) is 0 Å². The highest BCUT2D eigenvalue weighted by molar-refractivity contribution is 5.93. The molecular weight excluding hydrogens is 383 g/mol. The van der Waals surface area contributed by atoms with Crippen LogP contribution in [0.5, 0.6) is 0 Å². The number of carbonyl (C=O) groups excluding carboxylic acids is 1. The van der Waals surface area contributed by atoms with Crippen LogP contribution in [-0.2, 0) is 24.2 Å². The average molecular weight is 407 g/mol. The van der Waals surface area contributed by atoms with Crippen LogP contribution in [-0.4, -0.2) is 46.5 Å². The van der Waals surface area contributed by atoms with Gasteiger partial charge in [-0.25, -0.2) is 0 Å². The Hall–Kier alpha value is -2.71. The first-order valence-electron chi connectivity index (χ1n) is 9.82. The second-order valence-corrected chi connectivity index (χ2v) is 7.75. The number of carbonyl (C=O) groups is 1. The normalized spacial score (nSPS) is 19.5. The molecule has 1 saturated heterocycles. The summed E-state index contributed by atoms with van der Waals surface area (Å²) >= 11 is 0. The van der Waals surface area contributed by atoms with Crippen LogP contribution < -0.4 is 10.9 Å². The third-order valence-corrected chi connectivity index (χ3v) is 5.49. The molecule has 1 aromatic heterocycles. The Kier molecular flexibility index (Phi) is 5.14. The molecule has 3 aliphatic rings. The van der Waals surface area contributed by atoms with E-state index in [0.717, 1.165) is 48.6 Å². The molecule has 1 fully saturated rings. The number of hydrogen-bond acceptors (Lipinski definition) is 5. The molecule has 2 N–H and O–H groups in total. The van der Waals surface area contributed by atoms with Gasteiger partial charge in [0.2, 0.25) is 0 Å². The highest BCUT2D eigenvalue weighted by Crippen LogP contribution is 2.26. The summed E-state index contributed by atoms with van der Waals surface area (Å²) in [6, 6.07) is 1.60. The fraction of sp³-hybridized carbons (Fsp3) is 0.500. The second kappa shape index (κ2) is 7.61. The van der Waals surface area contributed by atoms with Crippen molar-refractivity contribution < 1.29 is 18.0 Å². The minimum Gasteiger partial charge on any atom is -0.352 e. The highest BCUT2D eigenvalue weighted by atomic mass is 19.4. The van der Waals surface area contributed by atoms with E-state index in [4.69, 9.17) is 0 Å². The van der Waals surface area contributed by atoms with E-state index < -0.39 is 12.6 Å². The molecule has 29 heavy (non-hydrogen) atoms. The lowest BCUT2D eigenvalue weighted by molar-refractivity contribution is -0.127. The third kappa shape index (κ3) is 4.33. The minimum atomic E-state index is -4.25.